The molecule has 178 valence electrons. The Labute approximate surface area is 229 Å². The average molecular weight is 520 g/mol. The molecule has 0 bridgehead atoms. The van der Waals surface area contributed by atoms with Crippen molar-refractivity contribution < 1.29 is 0 Å². The third-order valence-electron chi connectivity index (χ3n) is 7.33. The second-order valence-electron chi connectivity index (χ2n) is 9.54. The maximum atomic E-state index is 5.20. The Hall–Kier alpha value is -4.05. The zero-order valence-electron chi connectivity index (χ0n) is 20.4. The number of benzene rings is 6. The smallest absolute Gasteiger partial charge is 0.0721 e. The zero-order chi connectivity index (χ0) is 25.1. The van der Waals surface area contributed by atoms with Gasteiger partial charge in [-0.25, -0.2) is 4.98 Å². The maximum Gasteiger partial charge on any atom is 0.0721 e. The van der Waals surface area contributed by atoms with Crippen LogP contribution in [0, 0.1) is 0 Å². The van der Waals surface area contributed by atoms with Crippen molar-refractivity contribution in [1.29, 1.82) is 0 Å². The van der Waals surface area contributed by atoms with E-state index in [1.807, 2.05) is 23.5 Å². The first-order valence-corrected chi connectivity index (χ1v) is 14.4. The number of fused-ring (bicyclic) bond motifs is 8. The minimum atomic E-state index is 0.994. The molecule has 0 N–H and O–H groups in total. The second kappa shape index (κ2) is 8.76. The molecule has 3 heteroatoms. The van der Waals surface area contributed by atoms with Crippen LogP contribution in [-0.2, 0) is 0 Å². The highest BCUT2D eigenvalue weighted by atomic mass is 32.2. The van der Waals surface area contributed by atoms with Crippen molar-refractivity contribution in [3.05, 3.63) is 127 Å². The third-order valence-corrected chi connectivity index (χ3v) is 9.94. The summed E-state index contributed by atoms with van der Waals surface area (Å²) in [5.74, 6) is 0. The molecule has 0 unspecified atom stereocenters. The summed E-state index contributed by atoms with van der Waals surface area (Å²) in [6.45, 7) is 0. The summed E-state index contributed by atoms with van der Waals surface area (Å²) in [6.07, 6.45) is 0. The molecule has 1 nitrogen and oxygen atoms in total. The lowest BCUT2D eigenvalue weighted by Crippen LogP contribution is -1.94. The van der Waals surface area contributed by atoms with Crippen LogP contribution >= 0.6 is 23.5 Å². The van der Waals surface area contributed by atoms with E-state index in [0.29, 0.717) is 0 Å². The predicted molar refractivity (Wildman–Crippen MR) is 162 cm³/mol. The first-order valence-electron chi connectivity index (χ1n) is 12.7. The van der Waals surface area contributed by atoms with Gasteiger partial charge in [0.05, 0.1) is 11.4 Å². The number of pyridine rings is 1. The summed E-state index contributed by atoms with van der Waals surface area (Å²) in [7, 11) is 0. The highest BCUT2D eigenvalue weighted by Gasteiger charge is 2.21. The molecule has 0 fully saturated rings. The Balaban J connectivity index is 1.28. The van der Waals surface area contributed by atoms with Gasteiger partial charge in [0.2, 0.25) is 0 Å². The Morgan fingerprint density at radius 3 is 1.68 bits per heavy atom. The van der Waals surface area contributed by atoms with Crippen molar-refractivity contribution in [2.75, 3.05) is 0 Å². The van der Waals surface area contributed by atoms with E-state index in [-0.39, 0.29) is 0 Å². The van der Waals surface area contributed by atoms with Crippen LogP contribution in [0.15, 0.2) is 147 Å². The van der Waals surface area contributed by atoms with Gasteiger partial charge in [0.1, 0.15) is 0 Å². The number of hydrogen-bond acceptors (Lipinski definition) is 3. The Kier molecular flexibility index (Phi) is 5.07. The van der Waals surface area contributed by atoms with E-state index in [0.717, 1.165) is 17.0 Å². The van der Waals surface area contributed by atoms with Crippen molar-refractivity contribution in [3.8, 4) is 22.5 Å². The minimum absolute atomic E-state index is 0.994. The van der Waals surface area contributed by atoms with Crippen LogP contribution in [0.4, 0.5) is 0 Å². The van der Waals surface area contributed by atoms with E-state index in [1.54, 1.807) is 0 Å². The van der Waals surface area contributed by atoms with Crippen molar-refractivity contribution in [2.24, 2.45) is 0 Å². The molecule has 1 aliphatic heterocycles. The molecule has 38 heavy (non-hydrogen) atoms. The first kappa shape index (κ1) is 22.0. The van der Waals surface area contributed by atoms with E-state index < -0.39 is 0 Å². The van der Waals surface area contributed by atoms with Gasteiger partial charge in [-0.05, 0) is 68.7 Å². The van der Waals surface area contributed by atoms with Crippen LogP contribution in [0.5, 0.6) is 0 Å². The van der Waals surface area contributed by atoms with E-state index >= 15 is 0 Å². The lowest BCUT2D eigenvalue weighted by atomic mass is 9.93. The zero-order valence-corrected chi connectivity index (χ0v) is 22.0. The van der Waals surface area contributed by atoms with Crippen molar-refractivity contribution in [1.82, 2.24) is 4.98 Å². The van der Waals surface area contributed by atoms with E-state index in [9.17, 15) is 0 Å². The normalized spacial score (nSPS) is 12.5. The SMILES string of the molecule is c1cc(-c2ccc3c4ccccc4c4ccccc4c3c2)nc(-c2cccc3c2Sc2ccccc2S3)c1. The molecule has 0 atom stereocenters. The quantitative estimate of drug-likeness (QED) is 0.211. The lowest BCUT2D eigenvalue weighted by molar-refractivity contribution is 1.15. The number of rotatable bonds is 2. The Bertz CT molecular complexity index is 2010. The Morgan fingerprint density at radius 2 is 0.947 bits per heavy atom. The Morgan fingerprint density at radius 1 is 0.395 bits per heavy atom. The van der Waals surface area contributed by atoms with Gasteiger partial charge in [-0.3, -0.25) is 0 Å². The van der Waals surface area contributed by atoms with Crippen LogP contribution in [0.3, 0.4) is 0 Å². The molecular formula is C35H21NS2. The fourth-order valence-electron chi connectivity index (χ4n) is 5.56. The highest BCUT2D eigenvalue weighted by Crippen LogP contribution is 2.51. The van der Waals surface area contributed by atoms with Gasteiger partial charge in [0.15, 0.2) is 0 Å². The highest BCUT2D eigenvalue weighted by molar-refractivity contribution is 8.05. The molecule has 0 aliphatic carbocycles. The van der Waals surface area contributed by atoms with Gasteiger partial charge < -0.3 is 0 Å². The van der Waals surface area contributed by atoms with Crippen LogP contribution in [0.25, 0.3) is 54.8 Å². The molecule has 1 aliphatic rings. The summed E-state index contributed by atoms with van der Waals surface area (Å²) in [4.78, 5) is 10.4. The maximum absolute atomic E-state index is 5.20. The van der Waals surface area contributed by atoms with Crippen molar-refractivity contribution in [3.63, 3.8) is 0 Å². The molecule has 2 heterocycles. The van der Waals surface area contributed by atoms with Crippen LogP contribution in [-0.4, -0.2) is 4.98 Å². The number of aromatic nitrogens is 1. The molecule has 6 aromatic carbocycles. The fraction of sp³-hybridized carbons (Fsp3) is 0. The summed E-state index contributed by atoms with van der Waals surface area (Å²) in [5.41, 5.74) is 4.33. The molecule has 0 spiro atoms. The average Bonchev–Trinajstić information content (AvgIpc) is 2.99. The topological polar surface area (TPSA) is 12.9 Å². The lowest BCUT2D eigenvalue weighted by Gasteiger charge is -2.20. The van der Waals surface area contributed by atoms with Crippen molar-refractivity contribution >= 4 is 55.8 Å². The largest absolute Gasteiger partial charge is 0.248 e. The number of nitrogens with zero attached hydrogens (tertiary/aromatic N) is 1. The molecule has 0 radical (unpaired) electrons. The van der Waals surface area contributed by atoms with Gasteiger partial charge in [-0.2, -0.15) is 0 Å². The van der Waals surface area contributed by atoms with Crippen LogP contribution in [0.2, 0.25) is 0 Å². The monoisotopic (exact) mass is 519 g/mol. The van der Waals surface area contributed by atoms with Crippen molar-refractivity contribution in [2.45, 2.75) is 19.6 Å². The van der Waals surface area contributed by atoms with Gasteiger partial charge in [0.25, 0.3) is 0 Å². The number of hydrogen-bond donors (Lipinski definition) is 0. The molecule has 0 saturated heterocycles. The molecular weight excluding hydrogens is 499 g/mol. The van der Waals surface area contributed by atoms with Gasteiger partial charge >= 0.3 is 0 Å². The third kappa shape index (κ3) is 3.47. The molecule has 1 aromatic heterocycles. The van der Waals surface area contributed by atoms with Gasteiger partial charge in [-0.1, -0.05) is 115 Å². The summed E-state index contributed by atoms with van der Waals surface area (Å²) >= 11 is 3.70. The summed E-state index contributed by atoms with van der Waals surface area (Å²) < 4.78 is 0. The predicted octanol–water partition coefficient (Wildman–Crippen LogP) is 10.5. The van der Waals surface area contributed by atoms with E-state index in [4.69, 9.17) is 4.98 Å². The van der Waals surface area contributed by atoms with Crippen LogP contribution < -0.4 is 0 Å². The standard InChI is InChI=1S/C35H21NS2/c1-2-11-25-23(9-1)24-10-3-4-12-26(24)29-21-22(19-20-27(25)29)30-14-8-15-31(36-30)28-13-7-18-34-35(28)38-33-17-6-5-16-32(33)37-34/h1-21H. The molecule has 0 saturated carbocycles. The van der Waals surface area contributed by atoms with Crippen LogP contribution in [0.1, 0.15) is 0 Å². The minimum Gasteiger partial charge on any atom is -0.248 e. The summed E-state index contributed by atoms with van der Waals surface area (Å²) in [6, 6.07) is 45.8. The molecule has 0 amide bonds. The molecule has 7 aromatic rings. The first-order chi connectivity index (χ1) is 18.8. The van der Waals surface area contributed by atoms with E-state index in [2.05, 4.69) is 127 Å². The van der Waals surface area contributed by atoms with Gasteiger partial charge in [0, 0.05) is 30.7 Å². The second-order valence-corrected chi connectivity index (χ2v) is 11.7. The fourth-order valence-corrected chi connectivity index (χ4v) is 7.95. The summed E-state index contributed by atoms with van der Waals surface area (Å²) in [5, 5.41) is 7.71. The van der Waals surface area contributed by atoms with E-state index in [1.165, 1.54) is 57.5 Å². The molecule has 8 rings (SSSR count). The van der Waals surface area contributed by atoms with Gasteiger partial charge in [-0.15, -0.1) is 0 Å².